The van der Waals surface area contributed by atoms with Gasteiger partial charge < -0.3 is 15.3 Å². The first-order valence-electron chi connectivity index (χ1n) is 5.90. The van der Waals surface area contributed by atoms with E-state index in [2.05, 4.69) is 0 Å². The van der Waals surface area contributed by atoms with E-state index in [9.17, 15) is 20.1 Å². The average Bonchev–Trinajstić information content (AvgIpc) is 2.21. The fourth-order valence-electron chi connectivity index (χ4n) is 2.64. The molecular weight excluding hydrogens is 220 g/mol. The molecule has 3 N–H and O–H groups in total. The van der Waals surface area contributed by atoms with E-state index < -0.39 is 29.1 Å². The van der Waals surface area contributed by atoms with Crippen LogP contribution in [-0.4, -0.2) is 38.9 Å². The topological polar surface area (TPSA) is 77.8 Å². The SMILES string of the molecule is CC(=O)/C=C/[C@@]1(O)[C@H](C)[C@H](O)[C@@H](O)CC1(C)C. The van der Waals surface area contributed by atoms with Crippen molar-refractivity contribution < 1.29 is 20.1 Å². The van der Waals surface area contributed by atoms with Crippen molar-refractivity contribution in [2.75, 3.05) is 0 Å². The number of carbonyl (C=O) groups is 1. The molecule has 0 unspecified atom stereocenters. The molecule has 0 bridgehead atoms. The Bertz CT molecular complexity index is 334. The molecule has 0 aromatic heterocycles. The number of aliphatic hydroxyl groups is 3. The summed E-state index contributed by atoms with van der Waals surface area (Å²) in [6.07, 6.45) is 1.24. The first-order chi connectivity index (χ1) is 7.62. The van der Waals surface area contributed by atoms with E-state index in [-0.39, 0.29) is 12.2 Å². The van der Waals surface area contributed by atoms with E-state index in [0.717, 1.165) is 0 Å². The van der Waals surface area contributed by atoms with Gasteiger partial charge in [-0.05, 0) is 25.5 Å². The van der Waals surface area contributed by atoms with E-state index in [4.69, 9.17) is 0 Å². The Kier molecular flexibility index (Phi) is 3.81. The third-order valence-electron chi connectivity index (χ3n) is 3.98. The molecule has 0 spiro atoms. The van der Waals surface area contributed by atoms with Gasteiger partial charge in [0.15, 0.2) is 5.78 Å². The molecule has 4 nitrogen and oxygen atoms in total. The molecule has 1 aliphatic rings. The number of carbonyl (C=O) groups excluding carboxylic acids is 1. The first-order valence-corrected chi connectivity index (χ1v) is 5.90. The lowest BCUT2D eigenvalue weighted by Crippen LogP contribution is -2.60. The minimum Gasteiger partial charge on any atom is -0.390 e. The summed E-state index contributed by atoms with van der Waals surface area (Å²) in [7, 11) is 0. The molecule has 0 heterocycles. The summed E-state index contributed by atoms with van der Waals surface area (Å²) in [5, 5.41) is 30.3. The van der Waals surface area contributed by atoms with Gasteiger partial charge in [-0.2, -0.15) is 0 Å². The summed E-state index contributed by atoms with van der Waals surface area (Å²) < 4.78 is 0. The Balaban J connectivity index is 3.12. The van der Waals surface area contributed by atoms with Gasteiger partial charge in [-0.15, -0.1) is 0 Å². The molecule has 0 radical (unpaired) electrons. The molecule has 1 rings (SSSR count). The van der Waals surface area contributed by atoms with Crippen LogP contribution in [0.15, 0.2) is 12.2 Å². The Hall–Kier alpha value is -0.710. The zero-order chi connectivity index (χ0) is 13.4. The predicted octanol–water partition coefficient (Wildman–Crippen LogP) is 0.650. The molecule has 1 fully saturated rings. The lowest BCUT2D eigenvalue weighted by Gasteiger charge is -2.52. The Labute approximate surface area is 102 Å². The molecule has 0 aromatic rings. The molecule has 0 saturated heterocycles. The van der Waals surface area contributed by atoms with Gasteiger partial charge >= 0.3 is 0 Å². The molecule has 0 amide bonds. The molecule has 0 aromatic carbocycles. The minimum absolute atomic E-state index is 0.151. The monoisotopic (exact) mass is 242 g/mol. The number of hydrogen-bond acceptors (Lipinski definition) is 4. The van der Waals surface area contributed by atoms with Crippen molar-refractivity contribution in [2.45, 2.75) is 51.9 Å². The fraction of sp³-hybridized carbons (Fsp3) is 0.769. The average molecular weight is 242 g/mol. The highest BCUT2D eigenvalue weighted by Gasteiger charge is 2.54. The Morgan fingerprint density at radius 3 is 2.35 bits per heavy atom. The van der Waals surface area contributed by atoms with E-state index >= 15 is 0 Å². The molecule has 4 heteroatoms. The van der Waals surface area contributed by atoms with Gasteiger partial charge in [0.05, 0.1) is 17.8 Å². The van der Waals surface area contributed by atoms with Crippen LogP contribution in [0.4, 0.5) is 0 Å². The second-order valence-electron chi connectivity index (χ2n) is 5.70. The molecule has 17 heavy (non-hydrogen) atoms. The lowest BCUT2D eigenvalue weighted by atomic mass is 9.58. The number of ketones is 1. The fourth-order valence-corrected chi connectivity index (χ4v) is 2.64. The maximum absolute atomic E-state index is 11.0. The van der Waals surface area contributed by atoms with Crippen LogP contribution in [-0.2, 0) is 4.79 Å². The number of hydrogen-bond donors (Lipinski definition) is 3. The van der Waals surface area contributed by atoms with Gasteiger partial charge in [-0.3, -0.25) is 4.79 Å². The molecular formula is C13H22O4. The zero-order valence-electron chi connectivity index (χ0n) is 10.8. The Morgan fingerprint density at radius 1 is 1.35 bits per heavy atom. The quantitative estimate of drug-likeness (QED) is 0.621. The maximum atomic E-state index is 11.0. The van der Waals surface area contributed by atoms with Crippen LogP contribution in [0.25, 0.3) is 0 Å². The molecule has 1 aliphatic carbocycles. The van der Waals surface area contributed by atoms with E-state index in [1.54, 1.807) is 6.92 Å². The van der Waals surface area contributed by atoms with E-state index in [1.807, 2.05) is 13.8 Å². The second kappa shape index (κ2) is 4.52. The molecule has 0 aliphatic heterocycles. The standard InChI is InChI=1S/C13H22O4/c1-8(14)5-6-13(17)9(2)11(16)10(15)7-12(13,3)4/h5-6,9-11,15-17H,7H2,1-4H3/b6-5+/t9-,10+,11+,13-/m1/s1. The first kappa shape index (κ1) is 14.4. The smallest absolute Gasteiger partial charge is 0.152 e. The zero-order valence-corrected chi connectivity index (χ0v) is 10.8. The van der Waals surface area contributed by atoms with Crippen LogP contribution in [0.3, 0.4) is 0 Å². The summed E-state index contributed by atoms with van der Waals surface area (Å²) in [6, 6.07) is 0. The van der Waals surface area contributed by atoms with Gasteiger partial charge in [0.2, 0.25) is 0 Å². The third-order valence-corrected chi connectivity index (χ3v) is 3.98. The second-order valence-corrected chi connectivity index (χ2v) is 5.70. The van der Waals surface area contributed by atoms with Gasteiger partial charge in [-0.25, -0.2) is 0 Å². The molecule has 1 saturated carbocycles. The summed E-state index contributed by atoms with van der Waals surface area (Å²) in [5.41, 5.74) is -1.89. The largest absolute Gasteiger partial charge is 0.390 e. The van der Waals surface area contributed by atoms with Crippen molar-refractivity contribution in [2.24, 2.45) is 11.3 Å². The van der Waals surface area contributed by atoms with Crippen molar-refractivity contribution in [1.29, 1.82) is 0 Å². The predicted molar refractivity (Wildman–Crippen MR) is 64.3 cm³/mol. The Morgan fingerprint density at radius 2 is 1.88 bits per heavy atom. The summed E-state index contributed by atoms with van der Waals surface area (Å²) in [6.45, 7) is 6.73. The summed E-state index contributed by atoms with van der Waals surface area (Å²) in [5.74, 6) is -0.682. The number of aliphatic hydroxyl groups excluding tert-OH is 2. The molecule has 98 valence electrons. The minimum atomic E-state index is -1.29. The van der Waals surface area contributed by atoms with Gasteiger partial charge in [0.25, 0.3) is 0 Å². The summed E-state index contributed by atoms with van der Waals surface area (Å²) in [4.78, 5) is 11.0. The summed E-state index contributed by atoms with van der Waals surface area (Å²) >= 11 is 0. The maximum Gasteiger partial charge on any atom is 0.152 e. The highest BCUT2D eigenvalue weighted by molar-refractivity contribution is 5.87. The normalized spacial score (nSPS) is 41.7. The van der Waals surface area contributed by atoms with Crippen molar-refractivity contribution >= 4 is 5.78 Å². The van der Waals surface area contributed by atoms with Crippen molar-refractivity contribution in [1.82, 2.24) is 0 Å². The third kappa shape index (κ3) is 2.44. The van der Waals surface area contributed by atoms with Gasteiger partial charge in [0.1, 0.15) is 0 Å². The van der Waals surface area contributed by atoms with Crippen LogP contribution >= 0.6 is 0 Å². The number of allylic oxidation sites excluding steroid dienone is 1. The number of rotatable bonds is 2. The van der Waals surface area contributed by atoms with E-state index in [0.29, 0.717) is 0 Å². The van der Waals surface area contributed by atoms with Crippen LogP contribution in [0.2, 0.25) is 0 Å². The van der Waals surface area contributed by atoms with Gasteiger partial charge in [0, 0.05) is 11.3 Å². The van der Waals surface area contributed by atoms with Gasteiger partial charge in [-0.1, -0.05) is 20.8 Å². The molecule has 4 atom stereocenters. The van der Waals surface area contributed by atoms with Crippen LogP contribution in [0.5, 0.6) is 0 Å². The van der Waals surface area contributed by atoms with Crippen molar-refractivity contribution in [3.63, 3.8) is 0 Å². The van der Waals surface area contributed by atoms with Crippen LogP contribution < -0.4 is 0 Å². The van der Waals surface area contributed by atoms with E-state index in [1.165, 1.54) is 19.1 Å². The van der Waals surface area contributed by atoms with Crippen molar-refractivity contribution in [3.8, 4) is 0 Å². The lowest BCUT2D eigenvalue weighted by molar-refractivity contribution is -0.182. The van der Waals surface area contributed by atoms with Crippen LogP contribution in [0, 0.1) is 11.3 Å². The highest BCUT2D eigenvalue weighted by Crippen LogP contribution is 2.48. The van der Waals surface area contributed by atoms with Crippen molar-refractivity contribution in [3.05, 3.63) is 12.2 Å². The van der Waals surface area contributed by atoms with Crippen LogP contribution in [0.1, 0.15) is 34.1 Å². The highest BCUT2D eigenvalue weighted by atomic mass is 16.3.